The Morgan fingerprint density at radius 3 is 2.61 bits per heavy atom. The van der Waals surface area contributed by atoms with Gasteiger partial charge in [0.05, 0.1) is 5.56 Å². The second-order valence-electron chi connectivity index (χ2n) is 5.68. The number of rotatable bonds is 2. The molecule has 0 bridgehead atoms. The van der Waals surface area contributed by atoms with Crippen molar-refractivity contribution in [3.8, 4) is 17.2 Å². The lowest BCUT2D eigenvalue weighted by Gasteiger charge is -2.28. The molecule has 2 aromatic carbocycles. The predicted octanol–water partition coefficient (Wildman–Crippen LogP) is 4.02. The summed E-state index contributed by atoms with van der Waals surface area (Å²) in [6, 6.07) is 11.8. The molecule has 0 aliphatic carbocycles. The molecule has 5 heteroatoms. The zero-order valence-corrected chi connectivity index (χ0v) is 12.6. The van der Waals surface area contributed by atoms with Gasteiger partial charge in [-0.2, -0.15) is 10.2 Å². The molecule has 4 rings (SSSR count). The van der Waals surface area contributed by atoms with Crippen LogP contribution in [0.5, 0.6) is 0 Å². The van der Waals surface area contributed by atoms with Crippen molar-refractivity contribution in [1.29, 1.82) is 5.26 Å². The first kappa shape index (κ1) is 13.8. The summed E-state index contributed by atoms with van der Waals surface area (Å²) in [4.78, 5) is 6.30. The molecule has 3 aromatic rings. The third-order valence-corrected chi connectivity index (χ3v) is 4.32. The van der Waals surface area contributed by atoms with E-state index in [4.69, 9.17) is 4.42 Å². The summed E-state index contributed by atoms with van der Waals surface area (Å²) in [7, 11) is 0. The number of nitrogens with zero attached hydrogens (tertiary/aromatic N) is 3. The maximum atomic E-state index is 15.1. The highest BCUT2D eigenvalue weighted by molar-refractivity contribution is 5.90. The van der Waals surface area contributed by atoms with Gasteiger partial charge in [0.1, 0.15) is 11.6 Å². The van der Waals surface area contributed by atoms with E-state index >= 15 is 4.39 Å². The van der Waals surface area contributed by atoms with E-state index in [0.29, 0.717) is 28.2 Å². The molecule has 0 amide bonds. The molecule has 1 aliphatic heterocycles. The van der Waals surface area contributed by atoms with Crippen LogP contribution in [0.2, 0.25) is 0 Å². The van der Waals surface area contributed by atoms with Gasteiger partial charge >= 0.3 is 0 Å². The van der Waals surface area contributed by atoms with Crippen LogP contribution in [0.1, 0.15) is 17.5 Å². The Bertz CT molecular complexity index is 937. The number of benzene rings is 2. The number of aromatic nitrogens is 1. The lowest BCUT2D eigenvalue weighted by molar-refractivity contribution is 0.498. The second kappa shape index (κ2) is 5.10. The number of oxazole rings is 1. The summed E-state index contributed by atoms with van der Waals surface area (Å²) in [5.74, 6) is -0.457. The quantitative estimate of drug-likeness (QED) is 0.717. The van der Waals surface area contributed by atoms with Crippen molar-refractivity contribution in [2.45, 2.75) is 13.3 Å². The van der Waals surface area contributed by atoms with Crippen LogP contribution < -0.4 is 4.90 Å². The van der Waals surface area contributed by atoms with Crippen molar-refractivity contribution in [2.24, 2.45) is 0 Å². The molecule has 4 nitrogen and oxygen atoms in total. The molecule has 1 fully saturated rings. The van der Waals surface area contributed by atoms with Gasteiger partial charge in [0.2, 0.25) is 0 Å². The Morgan fingerprint density at radius 2 is 2.00 bits per heavy atom. The summed E-state index contributed by atoms with van der Waals surface area (Å²) in [6.45, 7) is 3.45. The van der Waals surface area contributed by atoms with E-state index in [0.717, 1.165) is 25.1 Å². The van der Waals surface area contributed by atoms with Gasteiger partial charge in [0.15, 0.2) is 11.4 Å². The fourth-order valence-corrected chi connectivity index (χ4v) is 2.94. The van der Waals surface area contributed by atoms with Crippen molar-refractivity contribution in [1.82, 2.24) is 4.98 Å². The molecule has 0 unspecified atom stereocenters. The van der Waals surface area contributed by atoms with Crippen LogP contribution in [0.3, 0.4) is 0 Å². The molecular formula is C18H14FN3O. The number of halogens is 1. The fourth-order valence-electron chi connectivity index (χ4n) is 2.94. The monoisotopic (exact) mass is 307 g/mol. The third kappa shape index (κ3) is 1.99. The second-order valence-corrected chi connectivity index (χ2v) is 5.68. The SMILES string of the molecule is Cc1c(-c2ccccc2)c(F)c2oc(N3CCC3)nc2c1C#N. The molecule has 23 heavy (non-hydrogen) atoms. The summed E-state index contributed by atoms with van der Waals surface area (Å²) >= 11 is 0. The lowest BCUT2D eigenvalue weighted by atomic mass is 9.95. The van der Waals surface area contributed by atoms with Crippen molar-refractivity contribution in [3.63, 3.8) is 0 Å². The number of hydrogen-bond acceptors (Lipinski definition) is 4. The van der Waals surface area contributed by atoms with Crippen LogP contribution in [-0.4, -0.2) is 18.1 Å². The van der Waals surface area contributed by atoms with E-state index in [1.54, 1.807) is 6.92 Å². The van der Waals surface area contributed by atoms with Crippen molar-refractivity contribution >= 4 is 17.1 Å². The molecule has 2 heterocycles. The summed E-state index contributed by atoms with van der Waals surface area (Å²) < 4.78 is 20.7. The van der Waals surface area contributed by atoms with Gasteiger partial charge in [-0.3, -0.25) is 0 Å². The Hall–Kier alpha value is -2.87. The molecule has 0 atom stereocenters. The zero-order valence-electron chi connectivity index (χ0n) is 12.6. The molecule has 0 spiro atoms. The highest BCUT2D eigenvalue weighted by Crippen LogP contribution is 2.37. The van der Waals surface area contributed by atoms with Crippen molar-refractivity contribution in [3.05, 3.63) is 47.3 Å². The van der Waals surface area contributed by atoms with E-state index in [-0.39, 0.29) is 5.58 Å². The molecular weight excluding hydrogens is 293 g/mol. The van der Waals surface area contributed by atoms with E-state index in [1.807, 2.05) is 35.2 Å². The highest BCUT2D eigenvalue weighted by atomic mass is 19.1. The number of anilines is 1. The van der Waals surface area contributed by atoms with Crippen LogP contribution >= 0.6 is 0 Å². The average Bonchev–Trinajstić information content (AvgIpc) is 2.92. The highest BCUT2D eigenvalue weighted by Gasteiger charge is 2.26. The number of hydrogen-bond donors (Lipinski definition) is 0. The summed E-state index contributed by atoms with van der Waals surface area (Å²) in [5, 5.41) is 9.53. The molecule has 1 aromatic heterocycles. The third-order valence-electron chi connectivity index (χ3n) is 4.32. The molecule has 1 saturated heterocycles. The Labute approximate surface area is 132 Å². The summed E-state index contributed by atoms with van der Waals surface area (Å²) in [5.41, 5.74) is 2.46. The first-order chi connectivity index (χ1) is 11.2. The zero-order chi connectivity index (χ0) is 16.0. The average molecular weight is 307 g/mol. The van der Waals surface area contributed by atoms with Crippen molar-refractivity contribution in [2.75, 3.05) is 18.0 Å². The van der Waals surface area contributed by atoms with Gasteiger partial charge in [0.25, 0.3) is 6.01 Å². The maximum absolute atomic E-state index is 15.1. The van der Waals surface area contributed by atoms with Crippen LogP contribution in [0.25, 0.3) is 22.2 Å². The smallest absolute Gasteiger partial charge is 0.298 e. The minimum absolute atomic E-state index is 0.0629. The van der Waals surface area contributed by atoms with E-state index in [1.165, 1.54) is 0 Å². The first-order valence-corrected chi connectivity index (χ1v) is 7.53. The van der Waals surface area contributed by atoms with Crippen molar-refractivity contribution < 1.29 is 8.81 Å². The molecule has 0 N–H and O–H groups in total. The van der Waals surface area contributed by atoms with Crippen LogP contribution in [-0.2, 0) is 0 Å². The van der Waals surface area contributed by atoms with E-state index in [2.05, 4.69) is 11.1 Å². The van der Waals surface area contributed by atoms with Gasteiger partial charge in [-0.05, 0) is 24.5 Å². The minimum atomic E-state index is -0.457. The van der Waals surface area contributed by atoms with E-state index in [9.17, 15) is 5.26 Å². The summed E-state index contributed by atoms with van der Waals surface area (Å²) in [6.07, 6.45) is 1.07. The van der Waals surface area contributed by atoms with E-state index < -0.39 is 5.82 Å². The van der Waals surface area contributed by atoms with Gasteiger partial charge in [-0.25, -0.2) is 4.39 Å². The lowest BCUT2D eigenvalue weighted by Crippen LogP contribution is -2.37. The topological polar surface area (TPSA) is 53.1 Å². The number of nitriles is 1. The van der Waals surface area contributed by atoms with Crippen LogP contribution in [0.4, 0.5) is 10.4 Å². The number of fused-ring (bicyclic) bond motifs is 1. The van der Waals surface area contributed by atoms with Crippen LogP contribution in [0.15, 0.2) is 34.7 Å². The molecule has 114 valence electrons. The van der Waals surface area contributed by atoms with Gasteiger partial charge < -0.3 is 9.32 Å². The maximum Gasteiger partial charge on any atom is 0.298 e. The molecule has 0 saturated carbocycles. The standard InChI is InChI=1S/C18H14FN3O/c1-11-13(10-20)16-17(23-18(21-16)22-8-5-9-22)15(19)14(11)12-6-3-2-4-7-12/h2-4,6-7H,5,8-9H2,1H3. The predicted molar refractivity (Wildman–Crippen MR) is 85.7 cm³/mol. The normalized spacial score (nSPS) is 13.9. The minimum Gasteiger partial charge on any atom is -0.420 e. The van der Waals surface area contributed by atoms with Crippen LogP contribution in [0, 0.1) is 24.1 Å². The van der Waals surface area contributed by atoms with Gasteiger partial charge in [0, 0.05) is 18.7 Å². The Balaban J connectivity index is 2.03. The van der Waals surface area contributed by atoms with Gasteiger partial charge in [-0.15, -0.1) is 0 Å². The van der Waals surface area contributed by atoms with Gasteiger partial charge in [-0.1, -0.05) is 30.3 Å². The first-order valence-electron chi connectivity index (χ1n) is 7.53. The Morgan fingerprint density at radius 1 is 1.26 bits per heavy atom. The Kier molecular flexibility index (Phi) is 3.05. The molecule has 0 radical (unpaired) electrons. The largest absolute Gasteiger partial charge is 0.420 e. The fraction of sp³-hybridized carbons (Fsp3) is 0.222. The molecule has 1 aliphatic rings.